The first-order valence-electron chi connectivity index (χ1n) is 19.3. The Morgan fingerprint density at radius 1 is 0.982 bits per heavy atom. The van der Waals surface area contributed by atoms with Crippen molar-refractivity contribution in [1.82, 2.24) is 26.2 Å². The Kier molecular flexibility index (Phi) is 16.0. The number of aryl methyl sites for hydroxylation is 2. The van der Waals surface area contributed by atoms with E-state index in [1.807, 2.05) is 25.1 Å². The van der Waals surface area contributed by atoms with Crippen molar-refractivity contribution in [3.8, 4) is 28.7 Å². The van der Waals surface area contributed by atoms with Gasteiger partial charge in [0.25, 0.3) is 5.91 Å². The molecule has 4 rings (SSSR count). The van der Waals surface area contributed by atoms with E-state index in [9.17, 15) is 39.3 Å². The van der Waals surface area contributed by atoms with Crippen molar-refractivity contribution < 1.29 is 39.3 Å². The van der Waals surface area contributed by atoms with Gasteiger partial charge in [-0.25, -0.2) is 0 Å². The van der Waals surface area contributed by atoms with Crippen LogP contribution in [0.25, 0.3) is 11.1 Å². The predicted octanol–water partition coefficient (Wildman–Crippen LogP) is 2.39. The van der Waals surface area contributed by atoms with E-state index < -0.39 is 66.9 Å². The molecule has 0 fully saturated rings. The monoisotopic (exact) mass is 783 g/mol. The summed E-state index contributed by atoms with van der Waals surface area (Å²) in [6.07, 6.45) is 5.19. The van der Waals surface area contributed by atoms with Gasteiger partial charge in [0.1, 0.15) is 42.2 Å². The molecule has 3 aromatic carbocycles. The molecule has 1 aliphatic rings. The third-order valence-electron chi connectivity index (χ3n) is 9.95. The van der Waals surface area contributed by atoms with Crippen LogP contribution < -0.4 is 27.0 Å². The van der Waals surface area contributed by atoms with Crippen molar-refractivity contribution in [1.29, 1.82) is 5.26 Å². The largest absolute Gasteiger partial charge is 0.507 e. The second-order valence-electron chi connectivity index (χ2n) is 14.2. The topological polar surface area (TPSA) is 247 Å². The average Bonchev–Trinajstić information content (AvgIpc) is 3.18. The van der Waals surface area contributed by atoms with Gasteiger partial charge in [-0.05, 0) is 92.2 Å². The molecule has 1 aliphatic heterocycles. The van der Waals surface area contributed by atoms with Crippen LogP contribution in [-0.4, -0.2) is 94.1 Å². The molecule has 4 atom stereocenters. The molecule has 0 aliphatic carbocycles. The minimum absolute atomic E-state index is 0.0184. The number of amides is 5. The number of nitrogens with one attached hydrogen (secondary N) is 4. The molecule has 1 unspecified atom stereocenters. The van der Waals surface area contributed by atoms with Crippen LogP contribution >= 0.6 is 0 Å². The van der Waals surface area contributed by atoms with Crippen molar-refractivity contribution in [3.63, 3.8) is 0 Å². The van der Waals surface area contributed by atoms with E-state index in [1.54, 1.807) is 6.07 Å². The Labute approximate surface area is 332 Å². The number of phenols is 2. The number of nitriles is 1. The quantitative estimate of drug-likeness (QED) is 0.0826. The zero-order valence-electron chi connectivity index (χ0n) is 32.6. The fraction of sp³-hybridized carbons (Fsp3) is 0.429. The minimum Gasteiger partial charge on any atom is -0.507 e. The van der Waals surface area contributed by atoms with Gasteiger partial charge >= 0.3 is 0 Å². The maximum atomic E-state index is 14.6. The number of rotatable bonds is 15. The van der Waals surface area contributed by atoms with Crippen molar-refractivity contribution in [2.24, 2.45) is 5.73 Å². The Morgan fingerprint density at radius 2 is 1.70 bits per heavy atom. The molecular weight excluding hydrogens is 731 g/mol. The van der Waals surface area contributed by atoms with Gasteiger partial charge in [0.2, 0.25) is 23.6 Å². The van der Waals surface area contributed by atoms with Crippen LogP contribution in [0.4, 0.5) is 0 Å². The third kappa shape index (κ3) is 11.3. The maximum absolute atomic E-state index is 14.6. The second-order valence-corrected chi connectivity index (χ2v) is 14.2. The summed E-state index contributed by atoms with van der Waals surface area (Å²) in [6.45, 7) is 4.02. The lowest BCUT2D eigenvalue weighted by atomic mass is 9.93. The molecule has 15 heteroatoms. The summed E-state index contributed by atoms with van der Waals surface area (Å²) in [4.78, 5) is 70.3. The van der Waals surface area contributed by atoms with Crippen LogP contribution in [0.2, 0.25) is 0 Å². The first-order chi connectivity index (χ1) is 27.3. The van der Waals surface area contributed by atoms with E-state index in [0.29, 0.717) is 11.1 Å². The zero-order chi connectivity index (χ0) is 41.6. The van der Waals surface area contributed by atoms with Crippen molar-refractivity contribution in [3.05, 3.63) is 82.4 Å². The van der Waals surface area contributed by atoms with E-state index in [0.717, 1.165) is 48.1 Å². The Balaban J connectivity index is 1.76. The predicted molar refractivity (Wildman–Crippen MR) is 213 cm³/mol. The summed E-state index contributed by atoms with van der Waals surface area (Å²) in [7, 11) is 0. The van der Waals surface area contributed by atoms with Crippen LogP contribution in [0.5, 0.6) is 11.5 Å². The van der Waals surface area contributed by atoms with Crippen LogP contribution in [0.1, 0.15) is 84.6 Å². The minimum atomic E-state index is -1.55. The van der Waals surface area contributed by atoms with E-state index in [-0.39, 0.29) is 54.1 Å². The van der Waals surface area contributed by atoms with Gasteiger partial charge in [-0.15, -0.1) is 0 Å². The van der Waals surface area contributed by atoms with E-state index in [1.165, 1.54) is 43.3 Å². The number of fused-ring (bicyclic) bond motifs is 5. The number of hydrogen-bond donors (Lipinski definition) is 8. The number of nitrogens with zero attached hydrogens (tertiary/aromatic N) is 2. The second kappa shape index (κ2) is 20.8. The molecule has 0 saturated heterocycles. The highest BCUT2D eigenvalue weighted by Crippen LogP contribution is 2.39. The van der Waals surface area contributed by atoms with Gasteiger partial charge in [-0.3, -0.25) is 24.0 Å². The van der Waals surface area contributed by atoms with Gasteiger partial charge in [0.05, 0.1) is 12.7 Å². The number of unbranched alkanes of at least 4 members (excludes halogenated alkanes) is 3. The third-order valence-corrected chi connectivity index (χ3v) is 9.95. The van der Waals surface area contributed by atoms with Gasteiger partial charge in [0, 0.05) is 29.7 Å². The van der Waals surface area contributed by atoms with E-state index in [2.05, 4.69) is 28.2 Å². The molecule has 9 N–H and O–H groups in total. The molecule has 304 valence electrons. The first kappa shape index (κ1) is 43.7. The Bertz CT molecular complexity index is 1980. The fourth-order valence-corrected chi connectivity index (χ4v) is 6.91. The number of aromatic hydroxyl groups is 2. The Morgan fingerprint density at radius 3 is 2.37 bits per heavy atom. The van der Waals surface area contributed by atoms with Crippen LogP contribution in [0.15, 0.2) is 54.6 Å². The molecule has 4 bridgehead atoms. The Hall–Kier alpha value is -5.98. The maximum Gasteiger partial charge on any atom is 0.252 e. The number of phenolic OH excluding ortho intramolecular Hbond substituents is 2. The molecule has 0 spiro atoms. The lowest BCUT2D eigenvalue weighted by molar-refractivity contribution is -0.143. The lowest BCUT2D eigenvalue weighted by Gasteiger charge is -2.35. The smallest absolute Gasteiger partial charge is 0.252 e. The molecule has 0 saturated carbocycles. The average molecular weight is 784 g/mol. The summed E-state index contributed by atoms with van der Waals surface area (Å²) in [5.41, 5.74) is 8.93. The van der Waals surface area contributed by atoms with Gasteiger partial charge in [-0.1, -0.05) is 50.5 Å². The number of hydrogen-bond acceptors (Lipinski definition) is 10. The summed E-state index contributed by atoms with van der Waals surface area (Å²) < 4.78 is 0. The molecule has 3 aromatic rings. The number of carbonyl (C=O) groups is 5. The molecule has 1 heterocycles. The number of aliphatic hydroxyl groups is 1. The SMILES string of the molecule is CCCCCCc1ccc(C(=O)NC(CCN)C(=O)N(CCO)[C@@H]2C(=O)N[C@@H](C)C(=O)N[C@H](C(=O)NCC#N)Cc3ccc(O)c(c3)-c3cc2ccc3O)c(C)c1. The lowest BCUT2D eigenvalue weighted by Crippen LogP contribution is -2.57. The highest BCUT2D eigenvalue weighted by atomic mass is 16.3. The van der Waals surface area contributed by atoms with Crippen LogP contribution in [0.3, 0.4) is 0 Å². The van der Waals surface area contributed by atoms with Crippen molar-refractivity contribution >= 4 is 29.5 Å². The van der Waals surface area contributed by atoms with Gasteiger partial charge < -0.3 is 47.2 Å². The summed E-state index contributed by atoms with van der Waals surface area (Å²) in [5.74, 6) is -4.10. The molecule has 5 amide bonds. The number of nitrogens with two attached hydrogens (primary N) is 1. The summed E-state index contributed by atoms with van der Waals surface area (Å²) >= 11 is 0. The van der Waals surface area contributed by atoms with E-state index in [4.69, 9.17) is 11.0 Å². The fourth-order valence-electron chi connectivity index (χ4n) is 6.91. The number of aliphatic hydroxyl groups excluding tert-OH is 1. The van der Waals surface area contributed by atoms with Gasteiger partial charge in [0.15, 0.2) is 0 Å². The standard InChI is InChI=1S/C42H53N7O8/c1-4-5-6-7-8-27-9-12-30(25(2)21-27)39(54)47-33(15-16-43)42(57)49(19-20-50)37-29-11-14-36(52)32(24-29)31-22-28(10-13-35(31)51)23-34(40(55)45-18-17-44)48-38(53)26(3)46-41(37)56/h9-14,21-22,24,26,33-34,37,50-52H,4-8,15-16,18-20,23,43H2,1-3H3,(H,45,55)(H,46,56)(H,47,54)(H,48,53)/t26-,33?,34-,37-/m0/s1. The molecule has 15 nitrogen and oxygen atoms in total. The van der Waals surface area contributed by atoms with Gasteiger partial charge in [-0.2, -0.15) is 5.26 Å². The summed E-state index contributed by atoms with van der Waals surface area (Å²) in [6, 6.07) is 10.6. The molecule has 0 radical (unpaired) electrons. The van der Waals surface area contributed by atoms with Crippen LogP contribution in [-0.2, 0) is 32.0 Å². The zero-order valence-corrected chi connectivity index (χ0v) is 32.6. The normalized spacial score (nSPS) is 17.2. The first-order valence-corrected chi connectivity index (χ1v) is 19.3. The number of benzene rings is 3. The molecule has 0 aromatic heterocycles. The van der Waals surface area contributed by atoms with Crippen molar-refractivity contribution in [2.75, 3.05) is 26.2 Å². The van der Waals surface area contributed by atoms with Crippen molar-refractivity contribution in [2.45, 2.75) is 89.9 Å². The number of carbonyl (C=O) groups excluding carboxylic acids is 5. The van der Waals surface area contributed by atoms with E-state index >= 15 is 0 Å². The summed E-state index contributed by atoms with van der Waals surface area (Å²) in [5, 5.41) is 51.7. The molecule has 57 heavy (non-hydrogen) atoms. The van der Waals surface area contributed by atoms with Crippen LogP contribution in [0, 0.1) is 18.3 Å². The highest BCUT2D eigenvalue weighted by molar-refractivity contribution is 6.00. The molecular formula is C42H53N7O8. The highest BCUT2D eigenvalue weighted by Gasteiger charge is 2.37.